The highest BCUT2D eigenvalue weighted by molar-refractivity contribution is 4.86. The fraction of sp³-hybridized carbons (Fsp3) is 1.00. The van der Waals surface area contributed by atoms with Gasteiger partial charge < -0.3 is 10.2 Å². The Kier molecular flexibility index (Phi) is 4.83. The van der Waals surface area contributed by atoms with Crippen LogP contribution in [0.1, 0.15) is 39.5 Å². The summed E-state index contributed by atoms with van der Waals surface area (Å²) in [5, 5.41) is 3.64. The van der Waals surface area contributed by atoms with Gasteiger partial charge in [-0.25, -0.2) is 0 Å². The zero-order chi connectivity index (χ0) is 12.3. The first-order valence-electron chi connectivity index (χ1n) is 7.34. The first-order valence-corrected chi connectivity index (χ1v) is 7.34. The maximum atomic E-state index is 3.64. The third-order valence-corrected chi connectivity index (χ3v) is 4.33. The van der Waals surface area contributed by atoms with Crippen molar-refractivity contribution < 1.29 is 0 Å². The van der Waals surface area contributed by atoms with Gasteiger partial charge in [0.05, 0.1) is 0 Å². The van der Waals surface area contributed by atoms with Crippen LogP contribution in [-0.2, 0) is 0 Å². The minimum Gasteiger partial charge on any atom is -0.313 e. The summed E-state index contributed by atoms with van der Waals surface area (Å²) in [6, 6.07) is 2.19. The Morgan fingerprint density at radius 3 is 2.71 bits per heavy atom. The van der Waals surface area contributed by atoms with Crippen molar-refractivity contribution in [3.63, 3.8) is 0 Å². The second-order valence-electron chi connectivity index (χ2n) is 6.14. The molecular weight excluding hydrogens is 210 g/mol. The number of hydrogen-bond acceptors (Lipinski definition) is 3. The van der Waals surface area contributed by atoms with Gasteiger partial charge >= 0.3 is 0 Å². The zero-order valence-corrected chi connectivity index (χ0v) is 11.8. The maximum absolute atomic E-state index is 3.64. The smallest absolute Gasteiger partial charge is 0.0226 e. The second-order valence-corrected chi connectivity index (χ2v) is 6.14. The maximum Gasteiger partial charge on any atom is 0.0226 e. The zero-order valence-electron chi connectivity index (χ0n) is 11.8. The summed E-state index contributed by atoms with van der Waals surface area (Å²) < 4.78 is 0. The number of rotatable bonds is 4. The van der Waals surface area contributed by atoms with Gasteiger partial charge in [-0.15, -0.1) is 0 Å². The van der Waals surface area contributed by atoms with E-state index in [0.29, 0.717) is 6.04 Å². The molecule has 2 aliphatic rings. The summed E-state index contributed by atoms with van der Waals surface area (Å²) in [6.45, 7) is 9.71. The van der Waals surface area contributed by atoms with Gasteiger partial charge in [-0.05, 0) is 59.7 Å². The molecule has 3 nitrogen and oxygen atoms in total. The molecule has 2 heterocycles. The summed E-state index contributed by atoms with van der Waals surface area (Å²) in [5.74, 6) is 0. The van der Waals surface area contributed by atoms with Gasteiger partial charge in [0.1, 0.15) is 0 Å². The lowest BCUT2D eigenvalue weighted by Gasteiger charge is -2.41. The van der Waals surface area contributed by atoms with E-state index in [-0.39, 0.29) is 0 Å². The standard InChI is InChI=1S/C14H29N3/c1-12(2)17(10-13-6-4-8-15-13)14-7-5-9-16(3)11-14/h12-15H,4-11H2,1-3H3. The van der Waals surface area contributed by atoms with Gasteiger partial charge in [0.2, 0.25) is 0 Å². The van der Waals surface area contributed by atoms with E-state index in [9.17, 15) is 0 Å². The molecule has 3 heteroatoms. The molecule has 0 aromatic rings. The van der Waals surface area contributed by atoms with E-state index in [2.05, 4.69) is 36.0 Å². The monoisotopic (exact) mass is 239 g/mol. The molecule has 0 amide bonds. The van der Waals surface area contributed by atoms with Crippen molar-refractivity contribution in [1.82, 2.24) is 15.1 Å². The van der Waals surface area contributed by atoms with E-state index in [0.717, 1.165) is 12.1 Å². The topological polar surface area (TPSA) is 18.5 Å². The molecule has 1 N–H and O–H groups in total. The normalized spacial score (nSPS) is 31.6. The van der Waals surface area contributed by atoms with E-state index in [1.54, 1.807) is 0 Å². The van der Waals surface area contributed by atoms with Crippen LogP contribution >= 0.6 is 0 Å². The Morgan fingerprint density at radius 2 is 2.12 bits per heavy atom. The molecule has 2 fully saturated rings. The lowest BCUT2D eigenvalue weighted by molar-refractivity contribution is 0.0788. The fourth-order valence-corrected chi connectivity index (χ4v) is 3.36. The Morgan fingerprint density at radius 1 is 1.29 bits per heavy atom. The second kappa shape index (κ2) is 6.17. The highest BCUT2D eigenvalue weighted by Crippen LogP contribution is 2.19. The number of likely N-dealkylation sites (N-methyl/N-ethyl adjacent to an activating group) is 1. The van der Waals surface area contributed by atoms with E-state index in [1.807, 2.05) is 0 Å². The molecular formula is C14H29N3. The number of hydrogen-bond donors (Lipinski definition) is 1. The van der Waals surface area contributed by atoms with Gasteiger partial charge in [-0.1, -0.05) is 0 Å². The summed E-state index contributed by atoms with van der Waals surface area (Å²) >= 11 is 0. The number of piperidine rings is 1. The van der Waals surface area contributed by atoms with Crippen molar-refractivity contribution in [2.24, 2.45) is 0 Å². The lowest BCUT2D eigenvalue weighted by Crippen LogP contribution is -2.52. The summed E-state index contributed by atoms with van der Waals surface area (Å²) in [6.07, 6.45) is 5.48. The van der Waals surface area contributed by atoms with E-state index in [4.69, 9.17) is 0 Å². The molecule has 0 saturated carbocycles. The highest BCUT2D eigenvalue weighted by atomic mass is 15.2. The molecule has 0 aliphatic carbocycles. The van der Waals surface area contributed by atoms with Crippen LogP contribution in [-0.4, -0.2) is 61.2 Å². The largest absolute Gasteiger partial charge is 0.313 e. The van der Waals surface area contributed by atoms with Crippen molar-refractivity contribution in [3.8, 4) is 0 Å². The number of likely N-dealkylation sites (tertiary alicyclic amines) is 1. The highest BCUT2D eigenvalue weighted by Gasteiger charge is 2.28. The van der Waals surface area contributed by atoms with Crippen molar-refractivity contribution in [2.45, 2.75) is 57.7 Å². The Balaban J connectivity index is 1.90. The first-order chi connectivity index (χ1) is 8.16. The molecule has 0 aromatic heterocycles. The Hall–Kier alpha value is -0.120. The molecule has 2 aliphatic heterocycles. The molecule has 2 rings (SSSR count). The van der Waals surface area contributed by atoms with Crippen molar-refractivity contribution >= 4 is 0 Å². The van der Waals surface area contributed by atoms with E-state index < -0.39 is 0 Å². The third-order valence-electron chi connectivity index (χ3n) is 4.33. The Labute approximate surface area is 107 Å². The number of nitrogens with zero attached hydrogens (tertiary/aromatic N) is 2. The van der Waals surface area contributed by atoms with Crippen LogP contribution in [0.3, 0.4) is 0 Å². The molecule has 0 radical (unpaired) electrons. The minimum absolute atomic E-state index is 0.675. The van der Waals surface area contributed by atoms with Gasteiger partial charge in [0, 0.05) is 31.2 Å². The van der Waals surface area contributed by atoms with Crippen LogP contribution in [0.5, 0.6) is 0 Å². The Bertz CT molecular complexity index is 224. The molecule has 17 heavy (non-hydrogen) atoms. The number of nitrogens with one attached hydrogen (secondary N) is 1. The van der Waals surface area contributed by atoms with Crippen LogP contribution in [0.2, 0.25) is 0 Å². The molecule has 0 aromatic carbocycles. The van der Waals surface area contributed by atoms with Crippen molar-refractivity contribution in [3.05, 3.63) is 0 Å². The third kappa shape index (κ3) is 3.67. The first kappa shape index (κ1) is 13.3. The minimum atomic E-state index is 0.675. The molecule has 100 valence electrons. The summed E-state index contributed by atoms with van der Waals surface area (Å²) in [5.41, 5.74) is 0. The predicted octanol–water partition coefficient (Wildman–Crippen LogP) is 1.54. The van der Waals surface area contributed by atoms with Gasteiger partial charge in [-0.2, -0.15) is 0 Å². The lowest BCUT2D eigenvalue weighted by atomic mass is 10.0. The molecule has 0 spiro atoms. The predicted molar refractivity (Wildman–Crippen MR) is 73.4 cm³/mol. The summed E-state index contributed by atoms with van der Waals surface area (Å²) in [4.78, 5) is 5.23. The van der Waals surface area contributed by atoms with E-state index in [1.165, 1.54) is 51.9 Å². The van der Waals surface area contributed by atoms with E-state index >= 15 is 0 Å². The fourth-order valence-electron chi connectivity index (χ4n) is 3.36. The molecule has 0 bridgehead atoms. The van der Waals surface area contributed by atoms with Gasteiger partial charge in [0.15, 0.2) is 0 Å². The van der Waals surface area contributed by atoms with Crippen molar-refractivity contribution in [2.75, 3.05) is 33.2 Å². The molecule has 2 saturated heterocycles. The molecule has 2 atom stereocenters. The molecule has 2 unspecified atom stereocenters. The van der Waals surface area contributed by atoms with Crippen LogP contribution < -0.4 is 5.32 Å². The van der Waals surface area contributed by atoms with Crippen LogP contribution in [0.4, 0.5) is 0 Å². The van der Waals surface area contributed by atoms with Gasteiger partial charge in [0.25, 0.3) is 0 Å². The average molecular weight is 239 g/mol. The summed E-state index contributed by atoms with van der Waals surface area (Å²) in [7, 11) is 2.26. The van der Waals surface area contributed by atoms with Crippen LogP contribution in [0, 0.1) is 0 Å². The van der Waals surface area contributed by atoms with Gasteiger partial charge in [-0.3, -0.25) is 4.90 Å². The SMILES string of the molecule is CC(C)N(CC1CCCN1)C1CCCN(C)C1. The average Bonchev–Trinajstić information content (AvgIpc) is 2.78. The quantitative estimate of drug-likeness (QED) is 0.803. The van der Waals surface area contributed by atoms with Crippen LogP contribution in [0.15, 0.2) is 0 Å². The van der Waals surface area contributed by atoms with Crippen LogP contribution in [0.25, 0.3) is 0 Å². The van der Waals surface area contributed by atoms with Crippen molar-refractivity contribution in [1.29, 1.82) is 0 Å².